The highest BCUT2D eigenvalue weighted by Gasteiger charge is 2.15. The molecule has 4 aromatic rings. The topological polar surface area (TPSA) is 72.2 Å². The molecule has 0 amide bonds. The van der Waals surface area contributed by atoms with Gasteiger partial charge in [0.25, 0.3) is 10.0 Å². The standard InChI is InChI=1S/C23H20N2O3S/c1-16-10-12-20(13-11-16)29(26,27)25-19-8-5-7-18(14-19)23-24-22(15-28-23)21-9-4-3-6-17(21)2/h3-15,25H,1-2H3. The Morgan fingerprint density at radius 3 is 2.41 bits per heavy atom. The maximum absolute atomic E-state index is 12.6. The monoisotopic (exact) mass is 404 g/mol. The van der Waals surface area contributed by atoms with E-state index in [0.717, 1.165) is 22.4 Å². The Bertz CT molecular complexity index is 1260. The van der Waals surface area contributed by atoms with Crippen molar-refractivity contribution in [3.05, 3.63) is 90.2 Å². The molecule has 0 aliphatic rings. The van der Waals surface area contributed by atoms with Gasteiger partial charge in [-0.15, -0.1) is 0 Å². The second-order valence-electron chi connectivity index (χ2n) is 6.85. The van der Waals surface area contributed by atoms with E-state index in [1.54, 1.807) is 48.7 Å². The zero-order valence-electron chi connectivity index (χ0n) is 16.1. The predicted molar refractivity (Wildman–Crippen MR) is 114 cm³/mol. The fraction of sp³-hybridized carbons (Fsp3) is 0.0870. The van der Waals surface area contributed by atoms with E-state index >= 15 is 0 Å². The Hall–Kier alpha value is -3.38. The molecule has 0 saturated carbocycles. The third-order valence-electron chi connectivity index (χ3n) is 4.62. The van der Waals surface area contributed by atoms with Gasteiger partial charge in [0.1, 0.15) is 12.0 Å². The SMILES string of the molecule is Cc1ccc(S(=O)(=O)Nc2cccc(-c3nc(-c4ccccc4C)co3)c2)cc1. The minimum absolute atomic E-state index is 0.214. The van der Waals surface area contributed by atoms with E-state index in [0.29, 0.717) is 17.1 Å². The van der Waals surface area contributed by atoms with Gasteiger partial charge < -0.3 is 4.42 Å². The minimum Gasteiger partial charge on any atom is -0.444 e. The molecule has 6 heteroatoms. The van der Waals surface area contributed by atoms with Crippen molar-refractivity contribution in [2.24, 2.45) is 0 Å². The van der Waals surface area contributed by atoms with Gasteiger partial charge >= 0.3 is 0 Å². The number of nitrogens with one attached hydrogen (secondary N) is 1. The van der Waals surface area contributed by atoms with E-state index in [9.17, 15) is 8.42 Å². The number of aryl methyl sites for hydroxylation is 2. The van der Waals surface area contributed by atoms with Crippen molar-refractivity contribution in [1.82, 2.24) is 4.98 Å². The van der Waals surface area contributed by atoms with Crippen molar-refractivity contribution in [2.45, 2.75) is 18.7 Å². The van der Waals surface area contributed by atoms with Gasteiger partial charge in [0.15, 0.2) is 0 Å². The van der Waals surface area contributed by atoms with Gasteiger partial charge in [-0.2, -0.15) is 0 Å². The first-order valence-electron chi connectivity index (χ1n) is 9.14. The molecule has 0 atom stereocenters. The van der Waals surface area contributed by atoms with Crippen molar-refractivity contribution < 1.29 is 12.8 Å². The predicted octanol–water partition coefficient (Wildman–Crippen LogP) is 5.43. The average Bonchev–Trinajstić information content (AvgIpc) is 3.18. The number of benzene rings is 3. The number of sulfonamides is 1. The largest absolute Gasteiger partial charge is 0.444 e. The van der Waals surface area contributed by atoms with Crippen LogP contribution in [0.15, 0.2) is 88.4 Å². The average molecular weight is 404 g/mol. The molecule has 0 spiro atoms. The van der Waals surface area contributed by atoms with Gasteiger partial charge in [0.2, 0.25) is 5.89 Å². The number of aromatic nitrogens is 1. The van der Waals surface area contributed by atoms with E-state index in [1.807, 2.05) is 44.2 Å². The molecule has 1 aromatic heterocycles. The summed E-state index contributed by atoms with van der Waals surface area (Å²) in [6, 6.07) is 21.6. The van der Waals surface area contributed by atoms with Crippen molar-refractivity contribution in [2.75, 3.05) is 4.72 Å². The van der Waals surface area contributed by atoms with Gasteiger partial charge in [-0.05, 0) is 49.7 Å². The number of hydrogen-bond donors (Lipinski definition) is 1. The summed E-state index contributed by atoms with van der Waals surface area (Å²) in [6.07, 6.45) is 1.61. The first-order chi connectivity index (χ1) is 13.9. The molecule has 1 heterocycles. The van der Waals surface area contributed by atoms with E-state index in [4.69, 9.17) is 4.42 Å². The number of hydrogen-bond acceptors (Lipinski definition) is 4. The molecular formula is C23H20N2O3S. The Morgan fingerprint density at radius 2 is 1.66 bits per heavy atom. The molecule has 0 bridgehead atoms. The van der Waals surface area contributed by atoms with Crippen LogP contribution >= 0.6 is 0 Å². The summed E-state index contributed by atoms with van der Waals surface area (Å²) in [6.45, 7) is 3.93. The highest BCUT2D eigenvalue weighted by atomic mass is 32.2. The van der Waals surface area contributed by atoms with Crippen molar-refractivity contribution in [3.8, 4) is 22.7 Å². The molecule has 0 aliphatic carbocycles. The molecule has 1 N–H and O–H groups in total. The molecule has 5 nitrogen and oxygen atoms in total. The number of oxazole rings is 1. The lowest BCUT2D eigenvalue weighted by Crippen LogP contribution is -2.12. The third-order valence-corrected chi connectivity index (χ3v) is 6.02. The van der Waals surface area contributed by atoms with E-state index in [-0.39, 0.29) is 4.90 Å². The lowest BCUT2D eigenvalue weighted by atomic mass is 10.1. The summed E-state index contributed by atoms with van der Waals surface area (Å²) >= 11 is 0. The van der Waals surface area contributed by atoms with Crippen LogP contribution in [0.5, 0.6) is 0 Å². The van der Waals surface area contributed by atoms with Gasteiger partial charge in [-0.25, -0.2) is 13.4 Å². The lowest BCUT2D eigenvalue weighted by molar-refractivity contribution is 0.575. The Balaban J connectivity index is 1.61. The second kappa shape index (κ2) is 7.56. The molecule has 0 aliphatic heterocycles. The fourth-order valence-corrected chi connectivity index (χ4v) is 4.09. The molecular weight excluding hydrogens is 384 g/mol. The van der Waals surface area contributed by atoms with Crippen LogP contribution in [0.4, 0.5) is 5.69 Å². The fourth-order valence-electron chi connectivity index (χ4n) is 3.04. The van der Waals surface area contributed by atoms with Gasteiger partial charge in [0, 0.05) is 16.8 Å². The highest BCUT2D eigenvalue weighted by molar-refractivity contribution is 7.92. The van der Waals surface area contributed by atoms with E-state index in [2.05, 4.69) is 9.71 Å². The number of rotatable bonds is 5. The van der Waals surface area contributed by atoms with Gasteiger partial charge in [-0.3, -0.25) is 4.72 Å². The summed E-state index contributed by atoms with van der Waals surface area (Å²) in [5.41, 5.74) is 4.97. The molecule has 146 valence electrons. The Labute approximate surface area is 170 Å². The summed E-state index contributed by atoms with van der Waals surface area (Å²) in [5, 5.41) is 0. The molecule has 29 heavy (non-hydrogen) atoms. The summed E-state index contributed by atoms with van der Waals surface area (Å²) in [5.74, 6) is 0.430. The maximum atomic E-state index is 12.6. The number of nitrogens with zero attached hydrogens (tertiary/aromatic N) is 1. The van der Waals surface area contributed by atoms with Crippen LogP contribution in [0.2, 0.25) is 0 Å². The van der Waals surface area contributed by atoms with Crippen LogP contribution in [0.25, 0.3) is 22.7 Å². The van der Waals surface area contributed by atoms with Crippen LogP contribution in [0.1, 0.15) is 11.1 Å². The summed E-state index contributed by atoms with van der Waals surface area (Å²) in [4.78, 5) is 4.79. The van der Waals surface area contributed by atoms with Crippen LogP contribution in [0.3, 0.4) is 0 Å². The molecule has 0 saturated heterocycles. The number of anilines is 1. The Morgan fingerprint density at radius 1 is 0.897 bits per heavy atom. The van der Waals surface area contributed by atoms with Crippen LogP contribution in [0, 0.1) is 13.8 Å². The summed E-state index contributed by atoms with van der Waals surface area (Å²) < 4.78 is 33.5. The normalized spacial score (nSPS) is 11.4. The van der Waals surface area contributed by atoms with E-state index in [1.165, 1.54) is 0 Å². The van der Waals surface area contributed by atoms with Gasteiger partial charge in [0.05, 0.1) is 4.90 Å². The van der Waals surface area contributed by atoms with Gasteiger partial charge in [-0.1, -0.05) is 48.0 Å². The molecule has 0 fully saturated rings. The molecule has 0 unspecified atom stereocenters. The molecule has 0 radical (unpaired) electrons. The van der Waals surface area contributed by atoms with Crippen molar-refractivity contribution >= 4 is 15.7 Å². The van der Waals surface area contributed by atoms with Crippen LogP contribution in [-0.4, -0.2) is 13.4 Å². The zero-order valence-corrected chi connectivity index (χ0v) is 16.9. The molecule has 3 aromatic carbocycles. The quantitative estimate of drug-likeness (QED) is 0.482. The third kappa shape index (κ3) is 4.07. The summed E-state index contributed by atoms with van der Waals surface area (Å²) in [7, 11) is -3.67. The van der Waals surface area contributed by atoms with E-state index < -0.39 is 10.0 Å². The smallest absolute Gasteiger partial charge is 0.261 e. The molecule has 4 rings (SSSR count). The lowest BCUT2D eigenvalue weighted by Gasteiger charge is -2.09. The minimum atomic E-state index is -3.67. The van der Waals surface area contributed by atoms with Crippen LogP contribution < -0.4 is 4.72 Å². The first-order valence-corrected chi connectivity index (χ1v) is 10.6. The van der Waals surface area contributed by atoms with Crippen molar-refractivity contribution in [3.63, 3.8) is 0 Å². The maximum Gasteiger partial charge on any atom is 0.261 e. The highest BCUT2D eigenvalue weighted by Crippen LogP contribution is 2.28. The Kier molecular flexibility index (Phi) is 4.94. The zero-order chi connectivity index (χ0) is 20.4. The first kappa shape index (κ1) is 19.0. The van der Waals surface area contributed by atoms with Crippen LogP contribution in [-0.2, 0) is 10.0 Å². The van der Waals surface area contributed by atoms with Crippen molar-refractivity contribution in [1.29, 1.82) is 0 Å². The second-order valence-corrected chi connectivity index (χ2v) is 8.53.